The van der Waals surface area contributed by atoms with Gasteiger partial charge in [0.05, 0.1) is 4.88 Å². The highest BCUT2D eigenvalue weighted by Crippen LogP contribution is 2.39. The monoisotopic (exact) mass is 215 g/mol. The molecule has 1 aromatic heterocycles. The Kier molecular flexibility index (Phi) is 2.69. The quantitative estimate of drug-likeness (QED) is 0.703. The topological polar surface area (TPSA) is 36.0 Å². The summed E-state index contributed by atoms with van der Waals surface area (Å²) in [5.74, 6) is 0.855. The molecular formula is C9H13NOS2. The van der Waals surface area contributed by atoms with Crippen molar-refractivity contribution in [2.75, 3.05) is 0 Å². The molecule has 72 valence electrons. The fourth-order valence-corrected chi connectivity index (χ4v) is 3.24. The predicted molar refractivity (Wildman–Crippen MR) is 57.0 cm³/mol. The van der Waals surface area contributed by atoms with Crippen LogP contribution in [-0.4, -0.2) is 10.1 Å². The molecule has 0 radical (unpaired) electrons. The Morgan fingerprint density at radius 1 is 1.31 bits per heavy atom. The number of H-pyrrole nitrogens is 1. The molecule has 2 nitrogen and oxygen atoms in total. The summed E-state index contributed by atoms with van der Waals surface area (Å²) in [6.07, 6.45) is 6.32. The van der Waals surface area contributed by atoms with Gasteiger partial charge in [-0.25, -0.2) is 0 Å². The Morgan fingerprint density at radius 3 is 2.54 bits per heavy atom. The first-order valence-corrected chi connectivity index (χ1v) is 5.92. The Morgan fingerprint density at radius 2 is 2.00 bits per heavy atom. The molecule has 0 unspecified atom stereocenters. The molecule has 0 bridgehead atoms. The highest BCUT2D eigenvalue weighted by atomic mass is 32.1. The third-order valence-corrected chi connectivity index (χ3v) is 4.02. The van der Waals surface area contributed by atoms with Crippen LogP contribution in [0.15, 0.2) is 0 Å². The largest absolute Gasteiger partial charge is 0.494 e. The van der Waals surface area contributed by atoms with Gasteiger partial charge in [-0.3, -0.25) is 0 Å². The van der Waals surface area contributed by atoms with Crippen molar-refractivity contribution in [3.8, 4) is 5.88 Å². The van der Waals surface area contributed by atoms with Crippen LogP contribution in [0, 0.1) is 3.95 Å². The molecule has 4 heteroatoms. The van der Waals surface area contributed by atoms with Crippen molar-refractivity contribution in [3.05, 3.63) is 8.83 Å². The SMILES string of the molecule is Oc1[nH]c(=S)sc1C1CCCCC1. The van der Waals surface area contributed by atoms with Gasteiger partial charge in [0.25, 0.3) is 0 Å². The number of thiazole rings is 1. The first-order chi connectivity index (χ1) is 6.27. The van der Waals surface area contributed by atoms with E-state index in [2.05, 4.69) is 4.98 Å². The summed E-state index contributed by atoms with van der Waals surface area (Å²) >= 11 is 6.52. The molecule has 0 amide bonds. The van der Waals surface area contributed by atoms with E-state index < -0.39 is 0 Å². The zero-order valence-corrected chi connectivity index (χ0v) is 9.01. The van der Waals surface area contributed by atoms with E-state index in [9.17, 15) is 5.11 Å². The molecule has 0 aliphatic heterocycles. The molecule has 1 aliphatic carbocycles. The van der Waals surface area contributed by atoms with Gasteiger partial charge in [-0.1, -0.05) is 19.3 Å². The molecule has 1 heterocycles. The van der Waals surface area contributed by atoms with E-state index in [1.165, 1.54) is 43.4 Å². The molecule has 2 N–H and O–H groups in total. The molecule has 2 rings (SSSR count). The lowest BCUT2D eigenvalue weighted by atomic mass is 9.88. The van der Waals surface area contributed by atoms with Gasteiger partial charge < -0.3 is 10.1 Å². The fourth-order valence-electron chi connectivity index (χ4n) is 1.97. The molecule has 13 heavy (non-hydrogen) atoms. The van der Waals surface area contributed by atoms with E-state index in [1.807, 2.05) is 0 Å². The standard InChI is InChI=1S/C9H13NOS2/c11-8-7(13-9(12)10-8)6-4-2-1-3-5-6/h6,11H,1-5H2,(H,10,12). The summed E-state index contributed by atoms with van der Waals surface area (Å²) in [6, 6.07) is 0. The molecule has 1 fully saturated rings. The molecule has 0 saturated heterocycles. The van der Waals surface area contributed by atoms with Gasteiger partial charge in [-0.05, 0) is 31.0 Å². The van der Waals surface area contributed by atoms with Gasteiger partial charge in [0.1, 0.15) is 0 Å². The van der Waals surface area contributed by atoms with E-state index in [0.717, 1.165) is 4.88 Å². The van der Waals surface area contributed by atoms with Crippen molar-refractivity contribution in [1.29, 1.82) is 0 Å². The maximum Gasteiger partial charge on any atom is 0.203 e. The van der Waals surface area contributed by atoms with Gasteiger partial charge in [-0.2, -0.15) is 0 Å². The van der Waals surface area contributed by atoms with Gasteiger partial charge in [0.15, 0.2) is 3.95 Å². The van der Waals surface area contributed by atoms with Crippen molar-refractivity contribution in [2.45, 2.75) is 38.0 Å². The van der Waals surface area contributed by atoms with Crippen LogP contribution < -0.4 is 0 Å². The van der Waals surface area contributed by atoms with E-state index >= 15 is 0 Å². The molecule has 0 atom stereocenters. The highest BCUT2D eigenvalue weighted by Gasteiger charge is 2.20. The molecule has 0 spiro atoms. The van der Waals surface area contributed by atoms with E-state index in [4.69, 9.17) is 12.2 Å². The average Bonchev–Trinajstić information content (AvgIpc) is 2.47. The second-order valence-corrected chi connectivity index (χ2v) is 5.28. The number of nitrogens with one attached hydrogen (secondary N) is 1. The van der Waals surface area contributed by atoms with Crippen LogP contribution >= 0.6 is 23.6 Å². The van der Waals surface area contributed by atoms with Crippen molar-refractivity contribution in [1.82, 2.24) is 4.98 Å². The van der Waals surface area contributed by atoms with Gasteiger partial charge >= 0.3 is 0 Å². The Hall–Kier alpha value is -0.350. The van der Waals surface area contributed by atoms with E-state index in [0.29, 0.717) is 15.8 Å². The lowest BCUT2D eigenvalue weighted by Gasteiger charge is -2.19. The van der Waals surface area contributed by atoms with Gasteiger partial charge in [0, 0.05) is 0 Å². The van der Waals surface area contributed by atoms with Crippen molar-refractivity contribution >= 4 is 23.6 Å². The van der Waals surface area contributed by atoms with Crippen LogP contribution in [0.5, 0.6) is 5.88 Å². The summed E-state index contributed by atoms with van der Waals surface area (Å²) in [4.78, 5) is 3.87. The third-order valence-electron chi connectivity index (χ3n) is 2.63. The number of hydrogen-bond donors (Lipinski definition) is 2. The first-order valence-electron chi connectivity index (χ1n) is 4.69. The van der Waals surface area contributed by atoms with Crippen LogP contribution in [-0.2, 0) is 0 Å². The Balaban J connectivity index is 2.23. The summed E-state index contributed by atoms with van der Waals surface area (Å²) in [6.45, 7) is 0. The molecule has 0 aromatic carbocycles. The van der Waals surface area contributed by atoms with E-state index in [-0.39, 0.29) is 0 Å². The summed E-state index contributed by atoms with van der Waals surface area (Å²) in [5.41, 5.74) is 0. The first kappa shape index (κ1) is 9.21. The lowest BCUT2D eigenvalue weighted by molar-refractivity contribution is 0.411. The van der Waals surface area contributed by atoms with E-state index in [1.54, 1.807) is 0 Å². The summed E-state index contributed by atoms with van der Waals surface area (Å²) in [7, 11) is 0. The Bertz CT molecular complexity index is 336. The number of aromatic hydroxyl groups is 1. The predicted octanol–water partition coefficient (Wildman–Crippen LogP) is 3.56. The van der Waals surface area contributed by atoms with Crippen molar-refractivity contribution in [2.24, 2.45) is 0 Å². The van der Waals surface area contributed by atoms with Crippen LogP contribution in [0.1, 0.15) is 42.9 Å². The summed E-state index contributed by atoms with van der Waals surface area (Å²) < 4.78 is 0.693. The average molecular weight is 215 g/mol. The zero-order chi connectivity index (χ0) is 9.26. The maximum atomic E-state index is 9.57. The van der Waals surface area contributed by atoms with Crippen LogP contribution in [0.4, 0.5) is 0 Å². The second kappa shape index (κ2) is 3.80. The number of hydrogen-bond acceptors (Lipinski definition) is 3. The molecular weight excluding hydrogens is 202 g/mol. The smallest absolute Gasteiger partial charge is 0.203 e. The minimum absolute atomic E-state index is 0.307. The van der Waals surface area contributed by atoms with Crippen molar-refractivity contribution in [3.63, 3.8) is 0 Å². The number of rotatable bonds is 1. The van der Waals surface area contributed by atoms with Gasteiger partial charge in [0.2, 0.25) is 5.88 Å². The third kappa shape index (κ3) is 1.94. The number of aromatic nitrogens is 1. The number of aromatic amines is 1. The molecule has 1 aliphatic rings. The molecule has 1 saturated carbocycles. The minimum atomic E-state index is 0.307. The van der Waals surface area contributed by atoms with Crippen LogP contribution in [0.2, 0.25) is 0 Å². The molecule has 1 aromatic rings. The van der Waals surface area contributed by atoms with Crippen molar-refractivity contribution < 1.29 is 5.11 Å². The fraction of sp³-hybridized carbons (Fsp3) is 0.667. The second-order valence-electron chi connectivity index (χ2n) is 3.56. The lowest BCUT2D eigenvalue weighted by Crippen LogP contribution is -2.02. The minimum Gasteiger partial charge on any atom is -0.494 e. The van der Waals surface area contributed by atoms with Crippen LogP contribution in [0.3, 0.4) is 0 Å². The maximum absolute atomic E-state index is 9.57. The van der Waals surface area contributed by atoms with Crippen LogP contribution in [0.25, 0.3) is 0 Å². The highest BCUT2D eigenvalue weighted by molar-refractivity contribution is 7.73. The zero-order valence-electron chi connectivity index (χ0n) is 7.38. The summed E-state index contributed by atoms with van der Waals surface area (Å²) in [5, 5.41) is 9.57. The van der Waals surface area contributed by atoms with Gasteiger partial charge in [-0.15, -0.1) is 11.3 Å². The Labute approximate surface area is 86.6 Å². The normalized spacial score (nSPS) is 19.1.